The summed E-state index contributed by atoms with van der Waals surface area (Å²) in [7, 11) is 0. The highest BCUT2D eigenvalue weighted by molar-refractivity contribution is 6.35. The molecule has 1 amide bonds. The Morgan fingerprint density at radius 2 is 1.75 bits per heavy atom. The monoisotopic (exact) mass is 365 g/mol. The fraction of sp³-hybridized carbons (Fsp3) is 0.222. The number of amides is 1. The van der Waals surface area contributed by atoms with Crippen LogP contribution in [0.15, 0.2) is 36.4 Å². The number of rotatable bonds is 6. The summed E-state index contributed by atoms with van der Waals surface area (Å²) in [4.78, 5) is 22.4. The molecule has 24 heavy (non-hydrogen) atoms. The molecule has 0 saturated heterocycles. The molecule has 126 valence electrons. The lowest BCUT2D eigenvalue weighted by molar-refractivity contribution is -0.136. The van der Waals surface area contributed by atoms with Crippen molar-refractivity contribution in [1.29, 1.82) is 0 Å². The maximum atomic E-state index is 11.4. The second-order valence-electron chi connectivity index (χ2n) is 5.43. The maximum absolute atomic E-state index is 11.4. The number of carbonyl (C=O) groups is 2. The molecule has 0 aromatic heterocycles. The van der Waals surface area contributed by atoms with Crippen molar-refractivity contribution in [3.8, 4) is 0 Å². The Labute approximate surface area is 150 Å². The molecule has 0 heterocycles. The first kappa shape index (κ1) is 18.3. The largest absolute Gasteiger partial charge is 0.481 e. The summed E-state index contributed by atoms with van der Waals surface area (Å²) >= 11 is 12.3. The molecular weight excluding hydrogens is 349 g/mol. The average molecular weight is 366 g/mol. The summed E-state index contributed by atoms with van der Waals surface area (Å²) < 4.78 is 0. The van der Waals surface area contributed by atoms with Gasteiger partial charge in [0.1, 0.15) is 0 Å². The number of anilines is 1. The van der Waals surface area contributed by atoms with Crippen molar-refractivity contribution >= 4 is 40.8 Å². The number of benzene rings is 2. The van der Waals surface area contributed by atoms with Gasteiger partial charge in [-0.05, 0) is 41.7 Å². The van der Waals surface area contributed by atoms with Crippen molar-refractivity contribution in [1.82, 2.24) is 0 Å². The van der Waals surface area contributed by atoms with Crippen molar-refractivity contribution in [2.24, 2.45) is 0 Å². The van der Waals surface area contributed by atoms with Gasteiger partial charge in [-0.15, -0.1) is 0 Å². The molecule has 0 saturated carbocycles. The van der Waals surface area contributed by atoms with Gasteiger partial charge >= 0.3 is 5.97 Å². The van der Waals surface area contributed by atoms with Gasteiger partial charge in [0, 0.05) is 22.7 Å². The molecule has 0 unspecified atom stereocenters. The molecule has 0 aliphatic rings. The van der Waals surface area contributed by atoms with Crippen molar-refractivity contribution in [3.63, 3.8) is 0 Å². The summed E-state index contributed by atoms with van der Waals surface area (Å²) in [5.41, 5.74) is 3.08. The number of hydrogen-bond donors (Lipinski definition) is 2. The van der Waals surface area contributed by atoms with Crippen LogP contribution in [0.5, 0.6) is 0 Å². The maximum Gasteiger partial charge on any atom is 0.307 e. The summed E-state index contributed by atoms with van der Waals surface area (Å²) in [5.74, 6) is -1.08. The molecular formula is C18H17Cl2NO3. The third kappa shape index (κ3) is 4.98. The molecule has 2 N–H and O–H groups in total. The van der Waals surface area contributed by atoms with E-state index < -0.39 is 5.97 Å². The number of carboxylic acid groups (broad SMARTS) is 1. The number of carbonyl (C=O) groups excluding carboxylic acids is 1. The second-order valence-corrected chi connectivity index (χ2v) is 6.28. The van der Waals surface area contributed by atoms with E-state index in [9.17, 15) is 9.59 Å². The predicted molar refractivity (Wildman–Crippen MR) is 96.0 cm³/mol. The summed E-state index contributed by atoms with van der Waals surface area (Å²) in [6, 6.07) is 10.7. The molecule has 4 nitrogen and oxygen atoms in total. The van der Waals surface area contributed by atoms with Crippen LogP contribution in [-0.4, -0.2) is 17.0 Å². The summed E-state index contributed by atoms with van der Waals surface area (Å²) in [6.45, 7) is 1.42. The highest BCUT2D eigenvalue weighted by Gasteiger charge is 2.12. The van der Waals surface area contributed by atoms with Crippen LogP contribution in [0.2, 0.25) is 10.0 Å². The van der Waals surface area contributed by atoms with Gasteiger partial charge < -0.3 is 10.4 Å². The lowest BCUT2D eigenvalue weighted by Gasteiger charge is -2.14. The minimum absolute atomic E-state index is 0.0247. The van der Waals surface area contributed by atoms with E-state index in [4.69, 9.17) is 28.3 Å². The van der Waals surface area contributed by atoms with E-state index in [-0.39, 0.29) is 12.3 Å². The number of carboxylic acids is 1. The molecule has 0 aliphatic carbocycles. The number of halogens is 2. The number of aryl methyl sites for hydroxylation is 1. The third-order valence-electron chi connectivity index (χ3n) is 3.58. The molecule has 0 aliphatic heterocycles. The van der Waals surface area contributed by atoms with Crippen molar-refractivity contribution in [3.05, 3.63) is 63.1 Å². The molecule has 0 radical (unpaired) electrons. The van der Waals surface area contributed by atoms with Gasteiger partial charge in [0.05, 0.1) is 6.42 Å². The predicted octanol–water partition coefficient (Wildman–Crippen LogP) is 4.36. The molecule has 6 heteroatoms. The first-order valence-electron chi connectivity index (χ1n) is 7.41. The van der Waals surface area contributed by atoms with Crippen LogP contribution in [-0.2, 0) is 28.9 Å². The zero-order chi connectivity index (χ0) is 17.7. The minimum atomic E-state index is -0.870. The van der Waals surface area contributed by atoms with Gasteiger partial charge in [-0.1, -0.05) is 47.5 Å². The minimum Gasteiger partial charge on any atom is -0.481 e. The van der Waals surface area contributed by atoms with Gasteiger partial charge in [0.2, 0.25) is 5.91 Å². The SMILES string of the molecule is CC(=O)Nc1cc(Cl)cc(Cl)c1CCc1ccccc1CC(=O)O. The lowest BCUT2D eigenvalue weighted by atomic mass is 9.97. The van der Waals surface area contributed by atoms with Crippen LogP contribution < -0.4 is 5.32 Å². The molecule has 0 spiro atoms. The van der Waals surface area contributed by atoms with Crippen molar-refractivity contribution in [2.45, 2.75) is 26.2 Å². The number of hydrogen-bond acceptors (Lipinski definition) is 2. The Morgan fingerprint density at radius 1 is 1.08 bits per heavy atom. The molecule has 0 bridgehead atoms. The van der Waals surface area contributed by atoms with E-state index in [0.717, 1.165) is 16.7 Å². The van der Waals surface area contributed by atoms with E-state index in [1.165, 1.54) is 6.92 Å². The second kappa shape index (κ2) is 8.18. The number of nitrogens with one attached hydrogen (secondary N) is 1. The van der Waals surface area contributed by atoms with Gasteiger partial charge in [-0.25, -0.2) is 0 Å². The van der Waals surface area contributed by atoms with E-state index in [2.05, 4.69) is 5.32 Å². The van der Waals surface area contributed by atoms with Crippen LogP contribution >= 0.6 is 23.2 Å². The summed E-state index contributed by atoms with van der Waals surface area (Å²) in [5, 5.41) is 12.7. The van der Waals surface area contributed by atoms with Crippen molar-refractivity contribution < 1.29 is 14.7 Å². The Morgan fingerprint density at radius 3 is 2.38 bits per heavy atom. The van der Waals surface area contributed by atoms with Crippen LogP contribution in [0.25, 0.3) is 0 Å². The molecule has 0 atom stereocenters. The Bertz CT molecular complexity index is 775. The van der Waals surface area contributed by atoms with Crippen molar-refractivity contribution in [2.75, 3.05) is 5.32 Å². The van der Waals surface area contributed by atoms with E-state index in [1.54, 1.807) is 12.1 Å². The van der Waals surface area contributed by atoms with E-state index >= 15 is 0 Å². The highest BCUT2D eigenvalue weighted by atomic mass is 35.5. The normalized spacial score (nSPS) is 10.5. The van der Waals surface area contributed by atoms with Crippen LogP contribution in [0.1, 0.15) is 23.6 Å². The zero-order valence-corrected chi connectivity index (χ0v) is 14.6. The van der Waals surface area contributed by atoms with Gasteiger partial charge in [-0.3, -0.25) is 9.59 Å². The first-order chi connectivity index (χ1) is 11.4. The zero-order valence-electron chi connectivity index (χ0n) is 13.1. The number of aliphatic carboxylic acids is 1. The topological polar surface area (TPSA) is 66.4 Å². The van der Waals surface area contributed by atoms with Gasteiger partial charge in [0.25, 0.3) is 0 Å². The van der Waals surface area contributed by atoms with E-state index in [1.807, 2.05) is 24.3 Å². The van der Waals surface area contributed by atoms with Crippen LogP contribution in [0, 0.1) is 0 Å². The molecule has 2 aromatic rings. The molecule has 2 rings (SSSR count). The Kier molecular flexibility index (Phi) is 6.23. The quantitative estimate of drug-likeness (QED) is 0.798. The summed E-state index contributed by atoms with van der Waals surface area (Å²) in [6.07, 6.45) is 1.14. The smallest absolute Gasteiger partial charge is 0.307 e. The lowest BCUT2D eigenvalue weighted by Crippen LogP contribution is -2.10. The standard InChI is InChI=1S/C18H17Cl2NO3/c1-11(22)21-17-10-14(19)9-16(20)15(17)7-6-12-4-2-3-5-13(12)8-18(23)24/h2-5,9-10H,6-8H2,1H3,(H,21,22)(H,23,24). The van der Waals surface area contributed by atoms with Crippen LogP contribution in [0.4, 0.5) is 5.69 Å². The van der Waals surface area contributed by atoms with Gasteiger partial charge in [-0.2, -0.15) is 0 Å². The highest BCUT2D eigenvalue weighted by Crippen LogP contribution is 2.30. The first-order valence-corrected chi connectivity index (χ1v) is 8.16. The average Bonchev–Trinajstić information content (AvgIpc) is 2.46. The molecule has 2 aromatic carbocycles. The fourth-order valence-electron chi connectivity index (χ4n) is 2.56. The Hall–Kier alpha value is -2.04. The third-order valence-corrected chi connectivity index (χ3v) is 4.13. The van der Waals surface area contributed by atoms with Crippen LogP contribution in [0.3, 0.4) is 0 Å². The van der Waals surface area contributed by atoms with Gasteiger partial charge in [0.15, 0.2) is 0 Å². The fourth-order valence-corrected chi connectivity index (χ4v) is 3.14. The Balaban J connectivity index is 2.26. The van der Waals surface area contributed by atoms with E-state index in [0.29, 0.717) is 28.6 Å². The molecule has 0 fully saturated rings.